The maximum atomic E-state index is 3.89. The molecular formula is C17H20BrNS. The third-order valence-electron chi connectivity index (χ3n) is 4.11. The predicted octanol–water partition coefficient (Wildman–Crippen LogP) is 5.48. The van der Waals surface area contributed by atoms with Gasteiger partial charge in [-0.15, -0.1) is 11.3 Å². The monoisotopic (exact) mass is 349 g/mol. The lowest BCUT2D eigenvalue weighted by atomic mass is 10.00. The van der Waals surface area contributed by atoms with Crippen molar-refractivity contribution in [2.45, 2.75) is 38.8 Å². The Hall–Kier alpha value is -0.640. The van der Waals surface area contributed by atoms with Crippen molar-refractivity contribution in [1.29, 1.82) is 0 Å². The first-order valence-electron chi connectivity index (χ1n) is 7.23. The molecule has 1 aliphatic rings. The molecule has 0 bridgehead atoms. The second-order valence-electron chi connectivity index (χ2n) is 5.80. The van der Waals surface area contributed by atoms with Crippen LogP contribution in [0.15, 0.2) is 40.2 Å². The Morgan fingerprint density at radius 3 is 2.80 bits per heavy atom. The number of nitrogens with one attached hydrogen (secondary N) is 1. The average Bonchev–Trinajstić information content (AvgIpc) is 3.05. The number of fused-ring (bicyclic) bond motifs is 1. The smallest absolute Gasteiger partial charge is 0.0442 e. The van der Waals surface area contributed by atoms with Crippen LogP contribution in [-0.4, -0.2) is 0 Å². The van der Waals surface area contributed by atoms with Crippen LogP contribution in [0.3, 0.4) is 0 Å². The van der Waals surface area contributed by atoms with Gasteiger partial charge in [0, 0.05) is 21.4 Å². The molecule has 20 heavy (non-hydrogen) atoms. The van der Waals surface area contributed by atoms with Gasteiger partial charge in [-0.2, -0.15) is 0 Å². The molecular weight excluding hydrogens is 330 g/mol. The highest BCUT2D eigenvalue weighted by atomic mass is 79.9. The average molecular weight is 350 g/mol. The minimum absolute atomic E-state index is 0.449. The van der Waals surface area contributed by atoms with Gasteiger partial charge in [-0.25, -0.2) is 0 Å². The summed E-state index contributed by atoms with van der Waals surface area (Å²) in [6, 6.07) is 11.9. The first-order chi connectivity index (χ1) is 9.66. The quantitative estimate of drug-likeness (QED) is 0.769. The SMILES string of the molecule is CC(C)C(NC1CCc2c(Br)cccc21)c1cccs1. The molecule has 2 aromatic rings. The molecule has 1 nitrogen and oxygen atoms in total. The van der Waals surface area contributed by atoms with Gasteiger partial charge in [0.15, 0.2) is 0 Å². The van der Waals surface area contributed by atoms with Gasteiger partial charge in [0.05, 0.1) is 0 Å². The van der Waals surface area contributed by atoms with E-state index in [-0.39, 0.29) is 0 Å². The lowest BCUT2D eigenvalue weighted by Gasteiger charge is -2.26. The van der Waals surface area contributed by atoms with E-state index in [4.69, 9.17) is 0 Å². The molecule has 0 saturated heterocycles. The molecule has 0 saturated carbocycles. The van der Waals surface area contributed by atoms with Crippen molar-refractivity contribution < 1.29 is 0 Å². The van der Waals surface area contributed by atoms with Crippen LogP contribution in [0.4, 0.5) is 0 Å². The van der Waals surface area contributed by atoms with Crippen molar-refractivity contribution in [3.63, 3.8) is 0 Å². The third kappa shape index (κ3) is 2.72. The fourth-order valence-electron chi connectivity index (χ4n) is 3.07. The van der Waals surface area contributed by atoms with Crippen molar-refractivity contribution in [1.82, 2.24) is 5.32 Å². The number of rotatable bonds is 4. The zero-order valence-electron chi connectivity index (χ0n) is 11.9. The van der Waals surface area contributed by atoms with E-state index in [1.54, 1.807) is 0 Å². The summed E-state index contributed by atoms with van der Waals surface area (Å²) in [6.07, 6.45) is 2.37. The van der Waals surface area contributed by atoms with Gasteiger partial charge in [0.2, 0.25) is 0 Å². The van der Waals surface area contributed by atoms with Crippen molar-refractivity contribution >= 4 is 27.3 Å². The minimum atomic E-state index is 0.449. The second-order valence-corrected chi connectivity index (χ2v) is 7.64. The summed E-state index contributed by atoms with van der Waals surface area (Å²) in [5.74, 6) is 0.602. The van der Waals surface area contributed by atoms with E-state index in [0.29, 0.717) is 18.0 Å². The fraction of sp³-hybridized carbons (Fsp3) is 0.412. The van der Waals surface area contributed by atoms with E-state index in [0.717, 1.165) is 0 Å². The summed E-state index contributed by atoms with van der Waals surface area (Å²) in [5.41, 5.74) is 2.96. The first kappa shape index (κ1) is 14.3. The van der Waals surface area contributed by atoms with E-state index >= 15 is 0 Å². The molecule has 0 amide bonds. The van der Waals surface area contributed by atoms with Crippen LogP contribution in [0.1, 0.15) is 48.4 Å². The summed E-state index contributed by atoms with van der Waals surface area (Å²) in [7, 11) is 0. The molecule has 2 atom stereocenters. The van der Waals surface area contributed by atoms with E-state index < -0.39 is 0 Å². The fourth-order valence-corrected chi connectivity index (χ4v) is 4.61. The van der Waals surface area contributed by atoms with Gasteiger partial charge in [-0.1, -0.05) is 48.0 Å². The van der Waals surface area contributed by atoms with Crippen molar-refractivity contribution in [2.75, 3.05) is 0 Å². The van der Waals surface area contributed by atoms with E-state index in [9.17, 15) is 0 Å². The molecule has 0 fully saturated rings. The number of hydrogen-bond acceptors (Lipinski definition) is 2. The largest absolute Gasteiger partial charge is 0.302 e. The molecule has 3 rings (SSSR count). The normalized spacial score (nSPS) is 19.3. The molecule has 1 aliphatic carbocycles. The predicted molar refractivity (Wildman–Crippen MR) is 90.2 cm³/mol. The second kappa shape index (κ2) is 6.00. The van der Waals surface area contributed by atoms with Gasteiger partial charge in [-0.05, 0) is 47.4 Å². The van der Waals surface area contributed by atoms with Gasteiger partial charge in [-0.3, -0.25) is 0 Å². The van der Waals surface area contributed by atoms with Crippen molar-refractivity contribution in [3.05, 3.63) is 56.2 Å². The Morgan fingerprint density at radius 1 is 1.25 bits per heavy atom. The zero-order chi connectivity index (χ0) is 14.1. The highest BCUT2D eigenvalue weighted by Gasteiger charge is 2.28. The van der Waals surface area contributed by atoms with Gasteiger partial charge in [0.25, 0.3) is 0 Å². The van der Waals surface area contributed by atoms with Gasteiger partial charge < -0.3 is 5.32 Å². The highest BCUT2D eigenvalue weighted by molar-refractivity contribution is 9.10. The molecule has 2 unspecified atom stereocenters. The molecule has 1 aromatic carbocycles. The summed E-state index contributed by atoms with van der Waals surface area (Å²) in [6.45, 7) is 4.60. The Kier molecular flexibility index (Phi) is 4.29. The summed E-state index contributed by atoms with van der Waals surface area (Å²) >= 11 is 5.54. The standard InChI is InChI=1S/C17H20BrNS/c1-11(2)17(16-7-4-10-20-16)19-15-9-8-12-13(15)5-3-6-14(12)18/h3-7,10-11,15,17,19H,8-9H2,1-2H3. The summed E-state index contributed by atoms with van der Waals surface area (Å²) in [4.78, 5) is 1.45. The molecule has 0 aliphatic heterocycles. The van der Waals surface area contributed by atoms with E-state index in [1.165, 1.54) is 33.3 Å². The molecule has 0 radical (unpaired) electrons. The van der Waals surface area contributed by atoms with Crippen LogP contribution < -0.4 is 5.32 Å². The van der Waals surface area contributed by atoms with Crippen LogP contribution in [-0.2, 0) is 6.42 Å². The Labute approximate surface area is 133 Å². The van der Waals surface area contributed by atoms with Gasteiger partial charge in [0.1, 0.15) is 0 Å². The zero-order valence-corrected chi connectivity index (χ0v) is 14.3. The number of halogens is 1. The number of hydrogen-bond donors (Lipinski definition) is 1. The van der Waals surface area contributed by atoms with Crippen LogP contribution in [0.5, 0.6) is 0 Å². The van der Waals surface area contributed by atoms with E-state index in [1.807, 2.05) is 11.3 Å². The van der Waals surface area contributed by atoms with Crippen molar-refractivity contribution in [3.8, 4) is 0 Å². The van der Waals surface area contributed by atoms with Crippen molar-refractivity contribution in [2.24, 2.45) is 5.92 Å². The molecule has 106 valence electrons. The first-order valence-corrected chi connectivity index (χ1v) is 8.91. The van der Waals surface area contributed by atoms with Crippen LogP contribution in [0.25, 0.3) is 0 Å². The number of benzene rings is 1. The maximum absolute atomic E-state index is 3.89. The molecule has 1 N–H and O–H groups in total. The lowest BCUT2D eigenvalue weighted by Crippen LogP contribution is -2.28. The maximum Gasteiger partial charge on any atom is 0.0442 e. The Bertz CT molecular complexity index is 577. The molecule has 0 spiro atoms. The Balaban J connectivity index is 1.84. The topological polar surface area (TPSA) is 12.0 Å². The molecule has 3 heteroatoms. The molecule has 1 aromatic heterocycles. The van der Waals surface area contributed by atoms with Crippen LogP contribution in [0, 0.1) is 5.92 Å². The van der Waals surface area contributed by atoms with Crippen LogP contribution in [0.2, 0.25) is 0 Å². The Morgan fingerprint density at radius 2 is 2.10 bits per heavy atom. The number of thiophene rings is 1. The highest BCUT2D eigenvalue weighted by Crippen LogP contribution is 2.38. The summed E-state index contributed by atoms with van der Waals surface area (Å²) in [5, 5.41) is 6.06. The van der Waals surface area contributed by atoms with Crippen LogP contribution >= 0.6 is 27.3 Å². The summed E-state index contributed by atoms with van der Waals surface area (Å²) < 4.78 is 1.26. The van der Waals surface area contributed by atoms with Gasteiger partial charge >= 0.3 is 0 Å². The molecule has 1 heterocycles. The van der Waals surface area contributed by atoms with E-state index in [2.05, 4.69) is 70.8 Å². The third-order valence-corrected chi connectivity index (χ3v) is 5.81. The minimum Gasteiger partial charge on any atom is -0.302 e. The lowest BCUT2D eigenvalue weighted by molar-refractivity contribution is 0.366.